The van der Waals surface area contributed by atoms with Crippen LogP contribution >= 0.6 is 0 Å². The quantitative estimate of drug-likeness (QED) is 0.349. The zero-order valence-corrected chi connectivity index (χ0v) is 21.2. The molecule has 0 saturated carbocycles. The van der Waals surface area contributed by atoms with E-state index >= 15 is 8.78 Å². The molecule has 3 N–H and O–H groups in total. The van der Waals surface area contributed by atoms with Gasteiger partial charge in [-0.2, -0.15) is 0 Å². The van der Waals surface area contributed by atoms with Crippen LogP contribution in [0.5, 0.6) is 0 Å². The summed E-state index contributed by atoms with van der Waals surface area (Å²) in [5, 5.41) is 13.6. The largest absolute Gasteiger partial charge is 0.396 e. The average Bonchev–Trinajstić information content (AvgIpc) is 3.18. The summed E-state index contributed by atoms with van der Waals surface area (Å²) in [4.78, 5) is 7.45. The van der Waals surface area contributed by atoms with Gasteiger partial charge in [-0.3, -0.25) is 14.2 Å². The maximum atomic E-state index is 15.8. The molecule has 1 aromatic heterocycles. The number of alkyl halides is 1. The Morgan fingerprint density at radius 3 is 2.54 bits per heavy atom. The average molecular weight is 519 g/mol. The summed E-state index contributed by atoms with van der Waals surface area (Å²) in [5.41, 5.74) is 2.55. The van der Waals surface area contributed by atoms with Crippen LogP contribution in [0.25, 0.3) is 10.9 Å². The molecule has 0 amide bonds. The number of nitrogens with zero attached hydrogens (tertiary/aromatic N) is 2. The Morgan fingerprint density at radius 1 is 1.14 bits per heavy atom. The molecule has 3 atom stereocenters. The number of halogens is 4. The Balaban J connectivity index is 1.50. The third kappa shape index (κ3) is 5.09. The molecule has 0 bridgehead atoms. The van der Waals surface area contributed by atoms with Crippen molar-refractivity contribution in [2.45, 2.75) is 44.8 Å². The van der Waals surface area contributed by atoms with Crippen LogP contribution in [0.2, 0.25) is 0 Å². The number of anilines is 1. The van der Waals surface area contributed by atoms with Crippen molar-refractivity contribution >= 4 is 16.6 Å². The zero-order valence-electron chi connectivity index (χ0n) is 21.2. The van der Waals surface area contributed by atoms with Crippen molar-refractivity contribution in [3.63, 3.8) is 0 Å². The Labute approximate surface area is 214 Å². The minimum Gasteiger partial charge on any atom is -0.396 e. The third-order valence-corrected chi connectivity index (χ3v) is 7.69. The van der Waals surface area contributed by atoms with Gasteiger partial charge in [0, 0.05) is 66.7 Å². The number of aliphatic hydroxyl groups excluding tert-OH is 1. The molecule has 0 spiro atoms. The molecule has 0 radical (unpaired) electrons. The van der Waals surface area contributed by atoms with Crippen molar-refractivity contribution in [2.75, 3.05) is 44.8 Å². The molecule has 2 aliphatic rings. The summed E-state index contributed by atoms with van der Waals surface area (Å²) < 4.78 is 58.0. The zero-order chi connectivity index (χ0) is 26.3. The number of nitrogens with one attached hydrogen (secondary N) is 2. The molecular formula is C28H34F4N4O. The second-order valence-corrected chi connectivity index (χ2v) is 10.6. The fourth-order valence-corrected chi connectivity index (χ4v) is 5.83. The predicted octanol–water partition coefficient (Wildman–Crippen LogP) is 5.01. The lowest BCUT2D eigenvalue weighted by Crippen LogP contribution is -2.54. The van der Waals surface area contributed by atoms with Crippen molar-refractivity contribution in [2.24, 2.45) is 5.92 Å². The lowest BCUT2D eigenvalue weighted by molar-refractivity contribution is 0.101. The molecule has 3 heterocycles. The van der Waals surface area contributed by atoms with E-state index in [0.29, 0.717) is 50.4 Å². The second-order valence-electron chi connectivity index (χ2n) is 10.6. The van der Waals surface area contributed by atoms with Crippen molar-refractivity contribution < 1.29 is 22.7 Å². The highest BCUT2D eigenvalue weighted by Gasteiger charge is 2.39. The highest BCUT2D eigenvalue weighted by molar-refractivity contribution is 5.85. The van der Waals surface area contributed by atoms with Gasteiger partial charge in [0.1, 0.15) is 17.5 Å². The molecule has 1 unspecified atom stereocenters. The molecule has 5 nitrogen and oxygen atoms in total. The Kier molecular flexibility index (Phi) is 7.47. The first kappa shape index (κ1) is 26.0. The highest BCUT2D eigenvalue weighted by Crippen LogP contribution is 2.43. The van der Waals surface area contributed by atoms with Crippen LogP contribution < -0.4 is 5.32 Å². The molecule has 1 saturated heterocycles. The van der Waals surface area contributed by atoms with Crippen molar-refractivity contribution in [1.82, 2.24) is 14.8 Å². The first-order valence-corrected chi connectivity index (χ1v) is 13.0. The number of aromatic nitrogens is 1. The minimum absolute atomic E-state index is 0.0434. The van der Waals surface area contributed by atoms with Crippen LogP contribution in [0.15, 0.2) is 30.3 Å². The van der Waals surface area contributed by atoms with Crippen molar-refractivity contribution in [1.29, 1.82) is 0 Å². The maximum absolute atomic E-state index is 15.8. The van der Waals surface area contributed by atoms with Crippen LogP contribution in [0, 0.1) is 23.4 Å². The van der Waals surface area contributed by atoms with Crippen LogP contribution in [0.1, 0.15) is 43.1 Å². The Bertz CT molecular complexity index is 1240. The molecular weight excluding hydrogens is 484 g/mol. The number of hydrogen-bond donors (Lipinski definition) is 3. The molecule has 200 valence electrons. The number of fused-ring (bicyclic) bond motifs is 3. The van der Waals surface area contributed by atoms with E-state index in [1.807, 2.05) is 18.7 Å². The van der Waals surface area contributed by atoms with Gasteiger partial charge in [0.25, 0.3) is 0 Å². The van der Waals surface area contributed by atoms with Gasteiger partial charge in [-0.05, 0) is 61.6 Å². The molecule has 0 aliphatic carbocycles. The molecule has 2 aromatic carbocycles. The number of aromatic amines is 1. The van der Waals surface area contributed by atoms with E-state index in [0.717, 1.165) is 16.5 Å². The number of H-pyrrole nitrogens is 1. The highest BCUT2D eigenvalue weighted by atomic mass is 19.1. The van der Waals surface area contributed by atoms with Crippen LogP contribution in [0.3, 0.4) is 0 Å². The fourth-order valence-electron chi connectivity index (χ4n) is 5.83. The van der Waals surface area contributed by atoms with Gasteiger partial charge in [0.2, 0.25) is 0 Å². The topological polar surface area (TPSA) is 54.5 Å². The maximum Gasteiger partial charge on any atom is 0.133 e. The predicted molar refractivity (Wildman–Crippen MR) is 137 cm³/mol. The fraction of sp³-hybridized carbons (Fsp3) is 0.500. The van der Waals surface area contributed by atoms with Gasteiger partial charge in [-0.15, -0.1) is 0 Å². The summed E-state index contributed by atoms with van der Waals surface area (Å²) in [7, 11) is 0. The smallest absolute Gasteiger partial charge is 0.133 e. The molecule has 5 rings (SSSR count). The van der Waals surface area contributed by atoms with E-state index in [2.05, 4.69) is 15.2 Å². The number of hydrogen-bond acceptors (Lipinski definition) is 4. The summed E-state index contributed by atoms with van der Waals surface area (Å²) in [5.74, 6) is -1.78. The van der Waals surface area contributed by atoms with E-state index in [9.17, 15) is 13.9 Å². The summed E-state index contributed by atoms with van der Waals surface area (Å²) in [6, 6.07) is 6.37. The van der Waals surface area contributed by atoms with Crippen molar-refractivity contribution in [3.05, 3.63) is 64.6 Å². The SMILES string of the molecule is CC(CO)CN1[C@H](c2c(F)cc(NC3CN(CCCF)C3)cc2F)c2[nH]c3ccc(F)cc3c2C[C@H]1C. The van der Waals surface area contributed by atoms with Gasteiger partial charge in [-0.1, -0.05) is 6.92 Å². The monoisotopic (exact) mass is 518 g/mol. The minimum atomic E-state index is -0.753. The van der Waals surface area contributed by atoms with E-state index in [4.69, 9.17) is 0 Å². The summed E-state index contributed by atoms with van der Waals surface area (Å²) in [6.45, 7) is 6.02. The van der Waals surface area contributed by atoms with Gasteiger partial charge in [0.15, 0.2) is 0 Å². The standard InChI is InChI=1S/C28H34F4N4O/c1-16(15-37)12-36-17(2)8-22-21-9-18(30)4-5-25(21)34-27(22)28(36)26-23(31)10-19(11-24(26)32)33-20-13-35(14-20)7-3-6-29/h4-5,9-11,16-17,20,28,33-34,37H,3,6-8,12-15H2,1-2H3/t16?,17-,28-/m1/s1. The number of benzene rings is 2. The first-order chi connectivity index (χ1) is 17.8. The molecule has 3 aromatic rings. The Morgan fingerprint density at radius 2 is 1.86 bits per heavy atom. The van der Waals surface area contributed by atoms with Crippen LogP contribution in [-0.2, 0) is 6.42 Å². The van der Waals surface area contributed by atoms with Crippen molar-refractivity contribution in [3.8, 4) is 0 Å². The van der Waals surface area contributed by atoms with Gasteiger partial charge >= 0.3 is 0 Å². The molecule has 9 heteroatoms. The lowest BCUT2D eigenvalue weighted by atomic mass is 9.87. The molecule has 2 aliphatic heterocycles. The van der Waals surface area contributed by atoms with E-state index in [-0.39, 0.29) is 42.7 Å². The lowest BCUT2D eigenvalue weighted by Gasteiger charge is -2.42. The van der Waals surface area contributed by atoms with Crippen LogP contribution in [-0.4, -0.2) is 71.4 Å². The van der Waals surface area contributed by atoms with E-state index in [1.54, 1.807) is 6.07 Å². The normalized spacial score (nSPS) is 21.7. The van der Waals surface area contributed by atoms with Gasteiger partial charge < -0.3 is 15.4 Å². The van der Waals surface area contributed by atoms with E-state index < -0.39 is 17.7 Å². The van der Waals surface area contributed by atoms with Crippen LogP contribution in [0.4, 0.5) is 23.2 Å². The second kappa shape index (κ2) is 10.6. The Hall–Kier alpha value is -2.62. The first-order valence-electron chi connectivity index (χ1n) is 13.0. The third-order valence-electron chi connectivity index (χ3n) is 7.69. The number of aliphatic hydroxyl groups is 1. The number of likely N-dealkylation sites (tertiary alicyclic amines) is 1. The molecule has 37 heavy (non-hydrogen) atoms. The number of rotatable bonds is 9. The van der Waals surface area contributed by atoms with E-state index in [1.165, 1.54) is 24.3 Å². The van der Waals surface area contributed by atoms with Gasteiger partial charge in [-0.25, -0.2) is 13.2 Å². The summed E-state index contributed by atoms with van der Waals surface area (Å²) in [6.07, 6.45) is 1.08. The van der Waals surface area contributed by atoms with Gasteiger partial charge in [0.05, 0.1) is 18.8 Å². The summed E-state index contributed by atoms with van der Waals surface area (Å²) >= 11 is 0. The molecule has 1 fully saturated rings.